The average molecular weight is 322 g/mol. The zero-order valence-corrected chi connectivity index (χ0v) is 13.8. The van der Waals surface area contributed by atoms with Gasteiger partial charge in [0.15, 0.2) is 0 Å². The molecule has 6 heteroatoms. The second-order valence-electron chi connectivity index (χ2n) is 5.54. The van der Waals surface area contributed by atoms with Gasteiger partial charge in [-0.25, -0.2) is 4.79 Å². The third-order valence-corrected chi connectivity index (χ3v) is 3.78. The predicted molar refractivity (Wildman–Crippen MR) is 93.0 cm³/mol. The van der Waals surface area contributed by atoms with E-state index >= 15 is 0 Å². The maximum absolute atomic E-state index is 12.1. The summed E-state index contributed by atoms with van der Waals surface area (Å²) in [6, 6.07) is 12.8. The lowest BCUT2D eigenvalue weighted by atomic mass is 10.1. The number of aromatic nitrogens is 2. The van der Waals surface area contributed by atoms with E-state index in [9.17, 15) is 4.79 Å². The SMILES string of the molecule is Cc1nc(-c2ccc(NC(=O)Nc3cccc(C)c3C)cc2)no1. The molecule has 2 N–H and O–H groups in total. The van der Waals surface area contributed by atoms with Crippen LogP contribution in [-0.4, -0.2) is 16.2 Å². The molecule has 0 saturated heterocycles. The molecule has 122 valence electrons. The van der Waals surface area contributed by atoms with Crippen LogP contribution in [0.25, 0.3) is 11.4 Å². The van der Waals surface area contributed by atoms with Crippen molar-refractivity contribution in [3.8, 4) is 11.4 Å². The molecule has 6 nitrogen and oxygen atoms in total. The lowest BCUT2D eigenvalue weighted by molar-refractivity contribution is 0.262. The number of urea groups is 1. The van der Waals surface area contributed by atoms with Crippen LogP contribution in [0.4, 0.5) is 16.2 Å². The van der Waals surface area contributed by atoms with Crippen LogP contribution in [0.2, 0.25) is 0 Å². The molecule has 3 aromatic rings. The second-order valence-corrected chi connectivity index (χ2v) is 5.54. The van der Waals surface area contributed by atoms with Crippen molar-refractivity contribution in [2.75, 3.05) is 10.6 Å². The van der Waals surface area contributed by atoms with Crippen LogP contribution >= 0.6 is 0 Å². The van der Waals surface area contributed by atoms with Gasteiger partial charge in [-0.05, 0) is 55.3 Å². The molecule has 3 rings (SSSR count). The molecule has 0 unspecified atom stereocenters. The van der Waals surface area contributed by atoms with Crippen LogP contribution in [0, 0.1) is 20.8 Å². The van der Waals surface area contributed by atoms with Crippen molar-refractivity contribution in [1.29, 1.82) is 0 Å². The number of hydrogen-bond donors (Lipinski definition) is 2. The number of amides is 2. The van der Waals surface area contributed by atoms with Crippen molar-refractivity contribution in [3.63, 3.8) is 0 Å². The van der Waals surface area contributed by atoms with Crippen molar-refractivity contribution in [2.45, 2.75) is 20.8 Å². The van der Waals surface area contributed by atoms with Crippen LogP contribution in [-0.2, 0) is 0 Å². The summed E-state index contributed by atoms with van der Waals surface area (Å²) in [6.07, 6.45) is 0. The molecule has 0 aliphatic carbocycles. The molecule has 0 saturated carbocycles. The Morgan fingerprint density at radius 3 is 2.42 bits per heavy atom. The first-order valence-electron chi connectivity index (χ1n) is 7.58. The predicted octanol–water partition coefficient (Wildman–Crippen LogP) is 4.31. The quantitative estimate of drug-likeness (QED) is 0.753. The molecular weight excluding hydrogens is 304 g/mol. The molecule has 0 spiro atoms. The van der Waals surface area contributed by atoms with Crippen LogP contribution in [0.1, 0.15) is 17.0 Å². The lowest BCUT2D eigenvalue weighted by Gasteiger charge is -2.11. The van der Waals surface area contributed by atoms with Crippen LogP contribution in [0.15, 0.2) is 47.0 Å². The Balaban J connectivity index is 1.67. The first-order chi connectivity index (χ1) is 11.5. The van der Waals surface area contributed by atoms with Crippen LogP contribution in [0.5, 0.6) is 0 Å². The van der Waals surface area contributed by atoms with E-state index in [1.165, 1.54) is 0 Å². The van der Waals surface area contributed by atoms with Crippen molar-refractivity contribution < 1.29 is 9.32 Å². The maximum atomic E-state index is 12.1. The highest BCUT2D eigenvalue weighted by Gasteiger charge is 2.08. The van der Waals surface area contributed by atoms with E-state index in [4.69, 9.17) is 4.52 Å². The Labute approximate surface area is 139 Å². The van der Waals surface area contributed by atoms with Crippen molar-refractivity contribution in [3.05, 3.63) is 59.5 Å². The smallest absolute Gasteiger partial charge is 0.323 e. The molecule has 0 radical (unpaired) electrons. The molecule has 24 heavy (non-hydrogen) atoms. The van der Waals surface area contributed by atoms with Gasteiger partial charge in [0.05, 0.1) is 0 Å². The van der Waals surface area contributed by atoms with E-state index < -0.39 is 0 Å². The van der Waals surface area contributed by atoms with Gasteiger partial charge >= 0.3 is 6.03 Å². The third kappa shape index (κ3) is 3.43. The number of benzene rings is 2. The van der Waals surface area contributed by atoms with Gasteiger partial charge in [0.25, 0.3) is 0 Å². The van der Waals surface area contributed by atoms with Gasteiger partial charge in [0, 0.05) is 23.9 Å². The number of carbonyl (C=O) groups excluding carboxylic acids is 1. The monoisotopic (exact) mass is 322 g/mol. The van der Waals surface area contributed by atoms with E-state index in [0.717, 1.165) is 22.4 Å². The van der Waals surface area contributed by atoms with Gasteiger partial charge in [-0.2, -0.15) is 4.98 Å². The maximum Gasteiger partial charge on any atom is 0.323 e. The number of nitrogens with zero attached hydrogens (tertiary/aromatic N) is 2. The van der Waals surface area contributed by atoms with Gasteiger partial charge in [0.2, 0.25) is 11.7 Å². The average Bonchev–Trinajstić information content (AvgIpc) is 2.99. The molecular formula is C18H18N4O2. The van der Waals surface area contributed by atoms with Gasteiger partial charge in [-0.15, -0.1) is 0 Å². The van der Waals surface area contributed by atoms with Gasteiger partial charge in [-0.3, -0.25) is 0 Å². The highest BCUT2D eigenvalue weighted by molar-refractivity contribution is 6.00. The third-order valence-electron chi connectivity index (χ3n) is 3.78. The Kier molecular flexibility index (Phi) is 4.29. The molecule has 0 bridgehead atoms. The van der Waals surface area contributed by atoms with Crippen LogP contribution in [0.3, 0.4) is 0 Å². The highest BCUT2D eigenvalue weighted by atomic mass is 16.5. The van der Waals surface area contributed by atoms with Gasteiger partial charge in [0.1, 0.15) is 0 Å². The molecule has 1 heterocycles. The van der Waals surface area contributed by atoms with E-state index in [0.29, 0.717) is 17.4 Å². The second kappa shape index (κ2) is 6.54. The van der Waals surface area contributed by atoms with E-state index in [-0.39, 0.29) is 6.03 Å². The van der Waals surface area contributed by atoms with E-state index in [1.54, 1.807) is 19.1 Å². The topological polar surface area (TPSA) is 80.0 Å². The minimum absolute atomic E-state index is 0.285. The number of hydrogen-bond acceptors (Lipinski definition) is 4. The summed E-state index contributed by atoms with van der Waals surface area (Å²) >= 11 is 0. The minimum atomic E-state index is -0.285. The highest BCUT2D eigenvalue weighted by Crippen LogP contribution is 2.20. The lowest BCUT2D eigenvalue weighted by Crippen LogP contribution is -2.20. The summed E-state index contributed by atoms with van der Waals surface area (Å²) in [5.74, 6) is 1.04. The fourth-order valence-corrected chi connectivity index (χ4v) is 2.29. The number of anilines is 2. The molecule has 1 aromatic heterocycles. The summed E-state index contributed by atoms with van der Waals surface area (Å²) in [4.78, 5) is 16.3. The fraction of sp³-hybridized carbons (Fsp3) is 0.167. The van der Waals surface area contributed by atoms with E-state index in [2.05, 4.69) is 20.8 Å². The molecule has 2 amide bonds. The largest absolute Gasteiger partial charge is 0.339 e. The molecule has 0 atom stereocenters. The molecule has 0 aliphatic rings. The van der Waals surface area contributed by atoms with Crippen molar-refractivity contribution in [2.24, 2.45) is 0 Å². The first-order valence-corrected chi connectivity index (χ1v) is 7.58. The Morgan fingerprint density at radius 2 is 1.75 bits per heavy atom. The minimum Gasteiger partial charge on any atom is -0.339 e. The number of aryl methyl sites for hydroxylation is 2. The zero-order chi connectivity index (χ0) is 17.1. The van der Waals surface area contributed by atoms with Crippen molar-refractivity contribution in [1.82, 2.24) is 10.1 Å². The Bertz CT molecular complexity index is 869. The number of rotatable bonds is 3. The first kappa shape index (κ1) is 15.7. The standard InChI is InChI=1S/C18H18N4O2/c1-11-5-4-6-16(12(11)2)21-18(23)20-15-9-7-14(8-10-15)17-19-13(3)24-22-17/h4-10H,1-3H3,(H2,20,21,23). The normalized spacial score (nSPS) is 10.5. The van der Waals surface area contributed by atoms with Gasteiger partial charge in [-0.1, -0.05) is 17.3 Å². The molecule has 0 aliphatic heterocycles. The van der Waals surface area contributed by atoms with E-state index in [1.807, 2.05) is 44.2 Å². The summed E-state index contributed by atoms with van der Waals surface area (Å²) in [6.45, 7) is 5.73. The number of nitrogens with one attached hydrogen (secondary N) is 2. The zero-order valence-electron chi connectivity index (χ0n) is 13.8. The van der Waals surface area contributed by atoms with Crippen molar-refractivity contribution >= 4 is 17.4 Å². The molecule has 2 aromatic carbocycles. The summed E-state index contributed by atoms with van der Waals surface area (Å²) in [5.41, 5.74) is 4.49. The summed E-state index contributed by atoms with van der Waals surface area (Å²) in [7, 11) is 0. The van der Waals surface area contributed by atoms with Crippen LogP contribution < -0.4 is 10.6 Å². The summed E-state index contributed by atoms with van der Waals surface area (Å²) < 4.78 is 4.96. The Hall–Kier alpha value is -3.15. The van der Waals surface area contributed by atoms with Gasteiger partial charge < -0.3 is 15.2 Å². The summed E-state index contributed by atoms with van der Waals surface area (Å²) in [5, 5.41) is 9.53. The molecule has 0 fully saturated rings. The number of carbonyl (C=O) groups is 1. The fourth-order valence-electron chi connectivity index (χ4n) is 2.29. The Morgan fingerprint density at radius 1 is 1.00 bits per heavy atom.